The highest BCUT2D eigenvalue weighted by Crippen LogP contribution is 2.21. The Morgan fingerprint density at radius 1 is 1.43 bits per heavy atom. The van der Waals surface area contributed by atoms with E-state index in [0.29, 0.717) is 13.1 Å². The van der Waals surface area contributed by atoms with Gasteiger partial charge in [-0.25, -0.2) is 0 Å². The zero-order chi connectivity index (χ0) is 10.2. The molecule has 0 atom stereocenters. The second-order valence-corrected chi connectivity index (χ2v) is 5.06. The summed E-state index contributed by atoms with van der Waals surface area (Å²) in [5, 5.41) is 13.1. The topological polar surface area (TPSA) is 32.3 Å². The third kappa shape index (κ3) is 2.16. The van der Waals surface area contributed by atoms with Crippen LogP contribution in [0.3, 0.4) is 0 Å². The van der Waals surface area contributed by atoms with E-state index in [4.69, 9.17) is 0 Å². The molecule has 0 bridgehead atoms. The quantitative estimate of drug-likeness (QED) is 0.843. The molecule has 0 radical (unpaired) electrons. The molecule has 0 saturated carbocycles. The van der Waals surface area contributed by atoms with Crippen LogP contribution in [-0.4, -0.2) is 23.8 Å². The van der Waals surface area contributed by atoms with E-state index in [0.717, 1.165) is 10.9 Å². The summed E-state index contributed by atoms with van der Waals surface area (Å²) in [5.74, 6) is 0. The molecule has 0 aromatic heterocycles. The zero-order valence-corrected chi connectivity index (χ0v) is 9.76. The van der Waals surface area contributed by atoms with Gasteiger partial charge in [-0.1, -0.05) is 22.0 Å². The first-order chi connectivity index (χ1) is 6.57. The Labute approximate surface area is 92.5 Å². The molecule has 76 valence electrons. The van der Waals surface area contributed by atoms with E-state index in [9.17, 15) is 5.11 Å². The summed E-state index contributed by atoms with van der Waals surface area (Å²) in [4.78, 5) is 0. The van der Waals surface area contributed by atoms with Gasteiger partial charge < -0.3 is 10.4 Å². The van der Waals surface area contributed by atoms with Gasteiger partial charge in [-0.2, -0.15) is 0 Å². The minimum atomic E-state index is -0.521. The molecule has 14 heavy (non-hydrogen) atoms. The van der Waals surface area contributed by atoms with Crippen molar-refractivity contribution in [2.45, 2.75) is 18.9 Å². The SMILES string of the molecule is Cc1cc(Br)cc(CC2(O)CNC2)c1. The lowest BCUT2D eigenvalue weighted by Gasteiger charge is -2.37. The molecule has 2 nitrogen and oxygen atoms in total. The number of hydrogen-bond acceptors (Lipinski definition) is 2. The molecule has 1 saturated heterocycles. The van der Waals surface area contributed by atoms with Gasteiger partial charge in [0.25, 0.3) is 0 Å². The summed E-state index contributed by atoms with van der Waals surface area (Å²) in [6.45, 7) is 3.48. The number of nitrogens with one attached hydrogen (secondary N) is 1. The van der Waals surface area contributed by atoms with Crippen LogP contribution in [-0.2, 0) is 6.42 Å². The number of benzene rings is 1. The van der Waals surface area contributed by atoms with Crippen molar-refractivity contribution in [1.82, 2.24) is 5.32 Å². The van der Waals surface area contributed by atoms with Crippen molar-refractivity contribution in [3.05, 3.63) is 33.8 Å². The fourth-order valence-corrected chi connectivity index (χ4v) is 2.49. The second kappa shape index (κ2) is 3.65. The van der Waals surface area contributed by atoms with Crippen LogP contribution in [0.15, 0.2) is 22.7 Å². The Kier molecular flexibility index (Phi) is 2.64. The highest BCUT2D eigenvalue weighted by atomic mass is 79.9. The minimum Gasteiger partial charge on any atom is -0.387 e. The summed E-state index contributed by atoms with van der Waals surface area (Å²) in [6.07, 6.45) is 0.736. The molecule has 0 amide bonds. The van der Waals surface area contributed by atoms with Gasteiger partial charge in [0.05, 0.1) is 5.60 Å². The maximum Gasteiger partial charge on any atom is 0.0935 e. The molecule has 2 N–H and O–H groups in total. The molecule has 1 aromatic carbocycles. The average Bonchev–Trinajstić information content (AvgIpc) is 1.99. The third-order valence-corrected chi connectivity index (χ3v) is 3.00. The average molecular weight is 256 g/mol. The molecule has 2 rings (SSSR count). The molecule has 1 aliphatic heterocycles. The Hall–Kier alpha value is -0.380. The lowest BCUT2D eigenvalue weighted by Crippen LogP contribution is -2.60. The number of aryl methyl sites for hydroxylation is 1. The fourth-order valence-electron chi connectivity index (χ4n) is 1.83. The number of rotatable bonds is 2. The van der Waals surface area contributed by atoms with Crippen molar-refractivity contribution >= 4 is 15.9 Å². The summed E-state index contributed by atoms with van der Waals surface area (Å²) in [7, 11) is 0. The maximum absolute atomic E-state index is 9.97. The van der Waals surface area contributed by atoms with E-state index >= 15 is 0 Å². The number of β-amino-alcohol motifs (C(OH)–C–C–N with tert-alkyl or cyclic N) is 1. The molecule has 1 aliphatic rings. The predicted octanol–water partition coefficient (Wildman–Crippen LogP) is 1.63. The number of halogens is 1. The van der Waals surface area contributed by atoms with Gasteiger partial charge in [0, 0.05) is 24.0 Å². The molecule has 3 heteroatoms. The van der Waals surface area contributed by atoms with Gasteiger partial charge in [-0.05, 0) is 30.2 Å². The molecule has 0 unspecified atom stereocenters. The summed E-state index contributed by atoms with van der Waals surface area (Å²) >= 11 is 3.46. The minimum absolute atomic E-state index is 0.521. The normalized spacial score (nSPS) is 19.1. The van der Waals surface area contributed by atoms with Crippen LogP contribution in [0.4, 0.5) is 0 Å². The zero-order valence-electron chi connectivity index (χ0n) is 8.18. The first-order valence-electron chi connectivity index (χ1n) is 4.77. The van der Waals surface area contributed by atoms with Crippen LogP contribution in [0.25, 0.3) is 0 Å². The molecular formula is C11H14BrNO. The van der Waals surface area contributed by atoms with E-state index in [1.165, 1.54) is 11.1 Å². The maximum atomic E-state index is 9.97. The van der Waals surface area contributed by atoms with E-state index in [-0.39, 0.29) is 0 Å². The predicted molar refractivity (Wildman–Crippen MR) is 60.4 cm³/mol. The summed E-state index contributed by atoms with van der Waals surface area (Å²) < 4.78 is 1.09. The summed E-state index contributed by atoms with van der Waals surface area (Å²) in [6, 6.07) is 6.27. The van der Waals surface area contributed by atoms with Crippen LogP contribution in [0, 0.1) is 6.92 Å². The standard InChI is InChI=1S/C11H14BrNO/c1-8-2-9(4-10(12)3-8)5-11(14)6-13-7-11/h2-4,13-14H,5-7H2,1H3. The largest absolute Gasteiger partial charge is 0.387 e. The Bertz CT molecular complexity index is 327. The molecule has 1 aromatic rings. The van der Waals surface area contributed by atoms with Crippen molar-refractivity contribution in [2.75, 3.05) is 13.1 Å². The van der Waals surface area contributed by atoms with Crippen molar-refractivity contribution < 1.29 is 5.11 Å². The third-order valence-electron chi connectivity index (χ3n) is 2.54. The van der Waals surface area contributed by atoms with Crippen LogP contribution < -0.4 is 5.32 Å². The van der Waals surface area contributed by atoms with Gasteiger partial charge in [0.1, 0.15) is 0 Å². The van der Waals surface area contributed by atoms with Crippen molar-refractivity contribution in [2.24, 2.45) is 0 Å². The highest BCUT2D eigenvalue weighted by Gasteiger charge is 2.34. The molecule has 1 fully saturated rings. The number of hydrogen-bond donors (Lipinski definition) is 2. The van der Waals surface area contributed by atoms with Gasteiger partial charge in [-0.3, -0.25) is 0 Å². The number of aliphatic hydroxyl groups is 1. The highest BCUT2D eigenvalue weighted by molar-refractivity contribution is 9.10. The second-order valence-electron chi connectivity index (χ2n) is 4.14. The van der Waals surface area contributed by atoms with E-state index in [1.807, 2.05) is 0 Å². The van der Waals surface area contributed by atoms with Crippen molar-refractivity contribution in [1.29, 1.82) is 0 Å². The Morgan fingerprint density at radius 3 is 2.64 bits per heavy atom. The van der Waals surface area contributed by atoms with E-state index < -0.39 is 5.60 Å². The molecule has 0 aliphatic carbocycles. The van der Waals surface area contributed by atoms with E-state index in [1.54, 1.807) is 0 Å². The van der Waals surface area contributed by atoms with Gasteiger partial charge >= 0.3 is 0 Å². The van der Waals surface area contributed by atoms with Crippen LogP contribution >= 0.6 is 15.9 Å². The van der Waals surface area contributed by atoms with Crippen LogP contribution in [0.1, 0.15) is 11.1 Å². The lowest BCUT2D eigenvalue weighted by atomic mass is 9.89. The molecule has 1 heterocycles. The fraction of sp³-hybridized carbons (Fsp3) is 0.455. The van der Waals surface area contributed by atoms with E-state index in [2.05, 4.69) is 46.4 Å². The smallest absolute Gasteiger partial charge is 0.0935 e. The lowest BCUT2D eigenvalue weighted by molar-refractivity contribution is -0.00903. The Morgan fingerprint density at radius 2 is 2.14 bits per heavy atom. The van der Waals surface area contributed by atoms with Crippen LogP contribution in [0.5, 0.6) is 0 Å². The first-order valence-corrected chi connectivity index (χ1v) is 5.56. The van der Waals surface area contributed by atoms with Gasteiger partial charge in [0.15, 0.2) is 0 Å². The van der Waals surface area contributed by atoms with Crippen molar-refractivity contribution in [3.8, 4) is 0 Å². The summed E-state index contributed by atoms with van der Waals surface area (Å²) in [5.41, 5.74) is 1.90. The molecular weight excluding hydrogens is 242 g/mol. The van der Waals surface area contributed by atoms with Crippen LogP contribution in [0.2, 0.25) is 0 Å². The van der Waals surface area contributed by atoms with Gasteiger partial charge in [0.2, 0.25) is 0 Å². The van der Waals surface area contributed by atoms with Gasteiger partial charge in [-0.15, -0.1) is 0 Å². The first kappa shape index (κ1) is 10.1. The molecule has 0 spiro atoms. The monoisotopic (exact) mass is 255 g/mol. The van der Waals surface area contributed by atoms with Crippen molar-refractivity contribution in [3.63, 3.8) is 0 Å². The Balaban J connectivity index is 2.16.